The van der Waals surface area contributed by atoms with Gasteiger partial charge < -0.3 is 23.5 Å². The van der Waals surface area contributed by atoms with Gasteiger partial charge in [-0.25, -0.2) is 4.79 Å². The first-order valence-corrected chi connectivity index (χ1v) is 15.2. The highest BCUT2D eigenvalue weighted by molar-refractivity contribution is 7.93. The van der Waals surface area contributed by atoms with Crippen molar-refractivity contribution < 1.29 is 39.3 Å². The Labute approximate surface area is 248 Å². The van der Waals surface area contributed by atoms with E-state index in [0.29, 0.717) is 24.0 Å². The summed E-state index contributed by atoms with van der Waals surface area (Å²) in [6, 6.07) is 8.63. The van der Waals surface area contributed by atoms with Gasteiger partial charge in [0.05, 0.1) is 18.3 Å². The SMILES string of the molecule is [2H]CSO[C@]12C[C@H](C)C(C)=C([C@@H](OC(C)=O)C(=O)[C@@]3(C)[C@H]([C@@H]1OC(=O)c1ccccc1)[C@]1(O)CO[C@@H]1C[C@@H]3C)C2(C)C. The molecule has 9 atom stereocenters. The number of carbonyl (C=O) groups is 3. The van der Waals surface area contributed by atoms with Crippen LogP contribution in [0.25, 0.3) is 0 Å². The summed E-state index contributed by atoms with van der Waals surface area (Å²) in [5.41, 5.74) is -3.26. The minimum atomic E-state index is -1.51. The molecule has 1 aromatic carbocycles. The molecule has 2 saturated carbocycles. The van der Waals surface area contributed by atoms with E-state index >= 15 is 0 Å². The second-order valence-corrected chi connectivity index (χ2v) is 13.6. The summed E-state index contributed by atoms with van der Waals surface area (Å²) in [6.07, 6.45) is -2.22. The number of Topliss-reactive ketones (excluding diaryl/α,β-unsaturated/α-hetero) is 1. The number of fused-ring (bicyclic) bond motifs is 5. The van der Waals surface area contributed by atoms with Crippen LogP contribution in [0.4, 0.5) is 0 Å². The number of ketones is 1. The number of hydrogen-bond acceptors (Lipinski definition) is 9. The zero-order valence-corrected chi connectivity index (χ0v) is 25.7. The molecule has 1 saturated heterocycles. The maximum Gasteiger partial charge on any atom is 0.338 e. The maximum atomic E-state index is 15.0. The zero-order valence-electron chi connectivity index (χ0n) is 25.9. The molecule has 9 heteroatoms. The molecule has 2 bridgehead atoms. The highest BCUT2D eigenvalue weighted by Crippen LogP contribution is 2.66. The normalized spacial score (nSPS) is 41.6. The van der Waals surface area contributed by atoms with Gasteiger partial charge in [0.25, 0.3) is 0 Å². The van der Waals surface area contributed by atoms with Crippen molar-refractivity contribution in [1.29, 1.82) is 0 Å². The van der Waals surface area contributed by atoms with Crippen LogP contribution in [0.2, 0.25) is 0 Å². The number of esters is 2. The van der Waals surface area contributed by atoms with Crippen LogP contribution >= 0.6 is 12.0 Å². The van der Waals surface area contributed by atoms with Crippen molar-refractivity contribution in [2.75, 3.05) is 12.8 Å². The molecule has 3 fully saturated rings. The van der Waals surface area contributed by atoms with Crippen molar-refractivity contribution in [3.63, 3.8) is 0 Å². The highest BCUT2D eigenvalue weighted by atomic mass is 32.2. The summed E-state index contributed by atoms with van der Waals surface area (Å²) in [6.45, 7) is 12.8. The molecule has 0 unspecified atom stereocenters. The molecule has 3 aliphatic carbocycles. The van der Waals surface area contributed by atoms with Gasteiger partial charge in [-0.1, -0.05) is 58.4 Å². The van der Waals surface area contributed by atoms with E-state index < -0.39 is 58.2 Å². The van der Waals surface area contributed by atoms with E-state index in [0.717, 1.165) is 17.6 Å². The lowest BCUT2D eigenvalue weighted by atomic mass is 9.43. The van der Waals surface area contributed by atoms with Crippen LogP contribution in [0.5, 0.6) is 0 Å². The molecule has 224 valence electrons. The van der Waals surface area contributed by atoms with E-state index in [1.54, 1.807) is 37.3 Å². The molecule has 0 aromatic heterocycles. The monoisotopic (exact) mass is 587 g/mol. The largest absolute Gasteiger partial charge is 0.455 e. The Balaban J connectivity index is 1.85. The number of ether oxygens (including phenoxy) is 3. The number of benzene rings is 1. The third kappa shape index (κ3) is 4.17. The molecule has 0 amide bonds. The Bertz CT molecular complexity index is 1300. The van der Waals surface area contributed by atoms with E-state index in [1.165, 1.54) is 6.92 Å². The molecule has 5 rings (SSSR count). The Morgan fingerprint density at radius 2 is 1.83 bits per heavy atom. The predicted molar refractivity (Wildman–Crippen MR) is 154 cm³/mol. The summed E-state index contributed by atoms with van der Waals surface area (Å²) in [7, 11) is 0. The minimum Gasteiger partial charge on any atom is -0.455 e. The van der Waals surface area contributed by atoms with Gasteiger partial charge in [-0.05, 0) is 61.3 Å². The van der Waals surface area contributed by atoms with Gasteiger partial charge in [-0.2, -0.15) is 0 Å². The first kappa shape index (κ1) is 28.9. The molecule has 1 aliphatic heterocycles. The smallest absolute Gasteiger partial charge is 0.338 e. The molecule has 1 heterocycles. The second kappa shape index (κ2) is 10.2. The summed E-state index contributed by atoms with van der Waals surface area (Å²) in [5.74, 6) is -2.94. The van der Waals surface area contributed by atoms with Crippen LogP contribution in [0.1, 0.15) is 73.0 Å². The molecule has 0 spiro atoms. The summed E-state index contributed by atoms with van der Waals surface area (Å²) < 4.78 is 33.0. The van der Waals surface area contributed by atoms with E-state index in [4.69, 9.17) is 19.8 Å². The zero-order chi connectivity index (χ0) is 30.8. The fourth-order valence-corrected chi connectivity index (χ4v) is 8.91. The molecule has 8 nitrogen and oxygen atoms in total. The topological polar surface area (TPSA) is 108 Å². The van der Waals surface area contributed by atoms with Gasteiger partial charge in [0.15, 0.2) is 11.9 Å². The van der Waals surface area contributed by atoms with Crippen LogP contribution in [0.3, 0.4) is 0 Å². The van der Waals surface area contributed by atoms with Crippen molar-refractivity contribution in [3.05, 3.63) is 47.0 Å². The number of carbonyl (C=O) groups excluding carboxylic acids is 3. The quantitative estimate of drug-likeness (QED) is 0.291. The minimum absolute atomic E-state index is 0.0328. The highest BCUT2D eigenvalue weighted by Gasteiger charge is 2.76. The van der Waals surface area contributed by atoms with E-state index in [2.05, 4.69) is 0 Å². The first-order chi connectivity index (χ1) is 19.7. The summed E-state index contributed by atoms with van der Waals surface area (Å²) in [4.78, 5) is 41.5. The van der Waals surface area contributed by atoms with Crippen LogP contribution < -0.4 is 0 Å². The number of hydrogen-bond donors (Lipinski definition) is 1. The molecular formula is C32H42O8S. The molecule has 1 N–H and O–H groups in total. The van der Waals surface area contributed by atoms with Gasteiger partial charge in [-0.15, -0.1) is 0 Å². The average molecular weight is 588 g/mol. The Kier molecular flexibility index (Phi) is 7.20. The fraction of sp³-hybridized carbons (Fsp3) is 0.656. The lowest BCUT2D eigenvalue weighted by Gasteiger charge is -2.68. The summed E-state index contributed by atoms with van der Waals surface area (Å²) in [5, 5.41) is 12.4. The number of rotatable bonds is 5. The standard InChI is InChI=1S/C32H42O8S/c1-17-15-32(40-41-8)27(39-28(35)21-12-10-9-11-13-21)25-30(7,18(2)14-22-31(25,36)16-37-22)26(34)24(38-20(4)33)23(19(17)3)29(32,5)6/h9-13,17-18,22,24-25,27,36H,14-16H2,1-8H3/t17-,18-,22+,24+,25-,27-,30+,31-,32+/m0/s1/i8D. The Morgan fingerprint density at radius 3 is 2.41 bits per heavy atom. The molecule has 4 aliphatic rings. The van der Waals surface area contributed by atoms with Crippen molar-refractivity contribution in [2.24, 2.45) is 28.6 Å². The molecule has 41 heavy (non-hydrogen) atoms. The van der Waals surface area contributed by atoms with Gasteiger partial charge >= 0.3 is 11.9 Å². The van der Waals surface area contributed by atoms with Crippen molar-refractivity contribution in [3.8, 4) is 0 Å². The van der Waals surface area contributed by atoms with Gasteiger partial charge in [0, 0.05) is 31.3 Å². The lowest BCUT2D eigenvalue weighted by Crippen LogP contribution is -2.80. The Morgan fingerprint density at radius 1 is 1.15 bits per heavy atom. The van der Waals surface area contributed by atoms with Gasteiger partial charge in [-0.3, -0.25) is 9.59 Å². The van der Waals surface area contributed by atoms with Crippen molar-refractivity contribution in [1.82, 2.24) is 0 Å². The van der Waals surface area contributed by atoms with Crippen molar-refractivity contribution in [2.45, 2.75) is 90.8 Å². The third-order valence-corrected chi connectivity index (χ3v) is 11.3. The maximum absolute atomic E-state index is 15.0. The van der Waals surface area contributed by atoms with Crippen LogP contribution in [-0.4, -0.2) is 65.2 Å². The van der Waals surface area contributed by atoms with Gasteiger partial charge in [0.2, 0.25) is 0 Å². The van der Waals surface area contributed by atoms with Crippen LogP contribution in [0, 0.1) is 28.6 Å². The Hall–Kier alpha value is -2.20. The van der Waals surface area contributed by atoms with E-state index in [9.17, 15) is 19.5 Å². The van der Waals surface area contributed by atoms with Crippen molar-refractivity contribution >= 4 is 29.8 Å². The first-order valence-electron chi connectivity index (χ1n) is 15.0. The van der Waals surface area contributed by atoms with E-state index in [-0.39, 0.29) is 30.5 Å². The van der Waals surface area contributed by atoms with Crippen LogP contribution in [0.15, 0.2) is 41.5 Å². The number of allylic oxidation sites excluding steroid dienone is 1. The predicted octanol–water partition coefficient (Wildman–Crippen LogP) is 4.93. The van der Waals surface area contributed by atoms with Crippen LogP contribution in [-0.2, 0) is 28.0 Å². The number of aliphatic hydroxyl groups is 1. The summed E-state index contributed by atoms with van der Waals surface area (Å²) >= 11 is 0.943. The van der Waals surface area contributed by atoms with Gasteiger partial charge in [0.1, 0.15) is 17.3 Å². The molecule has 0 radical (unpaired) electrons. The van der Waals surface area contributed by atoms with E-state index in [1.807, 2.05) is 34.6 Å². The average Bonchev–Trinajstić information content (AvgIpc) is 2.94. The fourth-order valence-electron chi connectivity index (χ4n) is 8.33. The lowest BCUT2D eigenvalue weighted by molar-refractivity contribution is -0.334. The molecule has 1 aromatic rings. The molecular weight excluding hydrogens is 544 g/mol. The second-order valence-electron chi connectivity index (χ2n) is 13.2. The third-order valence-electron chi connectivity index (χ3n) is 10.9.